The summed E-state index contributed by atoms with van der Waals surface area (Å²) in [7, 11) is 1.66. The molecule has 8 nitrogen and oxygen atoms in total. The third-order valence-electron chi connectivity index (χ3n) is 4.20. The second kappa shape index (κ2) is 7.81. The fourth-order valence-electron chi connectivity index (χ4n) is 2.71. The molecule has 0 spiro atoms. The van der Waals surface area contributed by atoms with E-state index < -0.39 is 0 Å². The van der Waals surface area contributed by atoms with Crippen molar-refractivity contribution in [3.05, 3.63) is 83.5 Å². The maximum atomic E-state index is 12.8. The van der Waals surface area contributed by atoms with Crippen LogP contribution in [-0.4, -0.2) is 19.5 Å². The van der Waals surface area contributed by atoms with Crippen LogP contribution < -0.4 is 21.3 Å². The number of rotatable bonds is 5. The van der Waals surface area contributed by atoms with Gasteiger partial charge in [0.2, 0.25) is 5.95 Å². The van der Waals surface area contributed by atoms with Gasteiger partial charge in [-0.25, -0.2) is 9.97 Å². The van der Waals surface area contributed by atoms with E-state index in [1.165, 1.54) is 10.8 Å². The molecule has 3 heterocycles. The lowest BCUT2D eigenvalue weighted by atomic mass is 10.2. The van der Waals surface area contributed by atoms with Crippen LogP contribution in [-0.2, 0) is 7.05 Å². The Bertz CT molecular complexity index is 1190. The summed E-state index contributed by atoms with van der Waals surface area (Å²) < 4.78 is 7.15. The molecule has 3 aromatic heterocycles. The Morgan fingerprint density at radius 3 is 2.52 bits per heavy atom. The molecular formula is C21H18N6O2. The minimum Gasteiger partial charge on any atom is -0.456 e. The summed E-state index contributed by atoms with van der Waals surface area (Å²) in [6, 6.07) is 16.3. The van der Waals surface area contributed by atoms with Crippen LogP contribution in [0.25, 0.3) is 11.3 Å². The molecule has 0 fully saturated rings. The van der Waals surface area contributed by atoms with Crippen molar-refractivity contribution in [2.45, 2.75) is 0 Å². The van der Waals surface area contributed by atoms with Crippen LogP contribution in [0.2, 0.25) is 0 Å². The maximum absolute atomic E-state index is 12.8. The summed E-state index contributed by atoms with van der Waals surface area (Å²) in [5.74, 6) is 1.89. The molecule has 0 radical (unpaired) electrons. The van der Waals surface area contributed by atoms with Gasteiger partial charge in [-0.1, -0.05) is 18.2 Å². The molecule has 0 aliphatic rings. The Morgan fingerprint density at radius 2 is 1.79 bits per heavy atom. The van der Waals surface area contributed by atoms with Crippen molar-refractivity contribution in [3.8, 4) is 22.8 Å². The third-order valence-corrected chi connectivity index (χ3v) is 4.20. The van der Waals surface area contributed by atoms with Crippen LogP contribution in [0.3, 0.4) is 0 Å². The number of nitrogens with two attached hydrogens (primary N) is 1. The lowest BCUT2D eigenvalue weighted by molar-refractivity contribution is 0.480. The molecule has 1 aromatic carbocycles. The minimum atomic E-state index is -0.207. The standard InChI is InChI=1S/C21H18N6O2/c1-27-20(28)17(13-25-21(27)26-14-5-3-2-4-6-14)18-8-7-16(12-24-18)29-15-9-10-23-19(22)11-15/h2-13H,1H3,(H2,22,23)(H,25,26). The fourth-order valence-corrected chi connectivity index (χ4v) is 2.71. The van der Waals surface area contributed by atoms with E-state index in [1.54, 1.807) is 43.7 Å². The number of aromatic nitrogens is 4. The average Bonchev–Trinajstić information content (AvgIpc) is 2.73. The van der Waals surface area contributed by atoms with Gasteiger partial charge < -0.3 is 15.8 Å². The number of para-hydroxylation sites is 1. The Balaban J connectivity index is 1.56. The summed E-state index contributed by atoms with van der Waals surface area (Å²) in [5.41, 5.74) is 7.19. The highest BCUT2D eigenvalue weighted by molar-refractivity contribution is 5.60. The fraction of sp³-hybridized carbons (Fsp3) is 0.0476. The number of nitrogens with zero attached hydrogens (tertiary/aromatic N) is 4. The molecule has 0 unspecified atom stereocenters. The molecule has 0 bridgehead atoms. The molecule has 4 rings (SSSR count). The van der Waals surface area contributed by atoms with Crippen LogP contribution >= 0.6 is 0 Å². The molecule has 0 atom stereocenters. The highest BCUT2D eigenvalue weighted by Gasteiger charge is 2.11. The first-order chi connectivity index (χ1) is 14.1. The number of pyridine rings is 2. The number of anilines is 3. The summed E-state index contributed by atoms with van der Waals surface area (Å²) >= 11 is 0. The van der Waals surface area contributed by atoms with Gasteiger partial charge in [0.05, 0.1) is 17.5 Å². The molecule has 0 saturated carbocycles. The van der Waals surface area contributed by atoms with E-state index in [2.05, 4.69) is 20.3 Å². The molecule has 0 aliphatic heterocycles. The maximum Gasteiger partial charge on any atom is 0.264 e. The lowest BCUT2D eigenvalue weighted by Gasteiger charge is -2.11. The number of nitrogens with one attached hydrogen (secondary N) is 1. The van der Waals surface area contributed by atoms with Gasteiger partial charge in [0.1, 0.15) is 17.3 Å². The van der Waals surface area contributed by atoms with Crippen molar-refractivity contribution in [3.63, 3.8) is 0 Å². The van der Waals surface area contributed by atoms with E-state index in [4.69, 9.17) is 10.5 Å². The van der Waals surface area contributed by atoms with E-state index in [-0.39, 0.29) is 5.56 Å². The topological polar surface area (TPSA) is 108 Å². The number of hydrogen-bond donors (Lipinski definition) is 2. The summed E-state index contributed by atoms with van der Waals surface area (Å²) in [5, 5.41) is 3.13. The number of nitrogen functional groups attached to an aromatic ring is 1. The van der Waals surface area contributed by atoms with Crippen molar-refractivity contribution in [2.75, 3.05) is 11.1 Å². The normalized spacial score (nSPS) is 10.5. The van der Waals surface area contributed by atoms with Gasteiger partial charge in [0.25, 0.3) is 5.56 Å². The summed E-state index contributed by atoms with van der Waals surface area (Å²) in [4.78, 5) is 25.4. The van der Waals surface area contributed by atoms with Gasteiger partial charge >= 0.3 is 0 Å². The quantitative estimate of drug-likeness (QED) is 0.541. The van der Waals surface area contributed by atoms with Crippen LogP contribution in [0.1, 0.15) is 0 Å². The van der Waals surface area contributed by atoms with Gasteiger partial charge in [0, 0.05) is 31.2 Å². The largest absolute Gasteiger partial charge is 0.456 e. The Morgan fingerprint density at radius 1 is 0.966 bits per heavy atom. The molecule has 144 valence electrons. The number of benzene rings is 1. The van der Waals surface area contributed by atoms with Crippen molar-refractivity contribution in [2.24, 2.45) is 7.05 Å². The highest BCUT2D eigenvalue weighted by Crippen LogP contribution is 2.23. The molecule has 29 heavy (non-hydrogen) atoms. The zero-order chi connectivity index (χ0) is 20.2. The number of hydrogen-bond acceptors (Lipinski definition) is 7. The monoisotopic (exact) mass is 386 g/mol. The Labute approximate surface area is 166 Å². The van der Waals surface area contributed by atoms with Gasteiger partial charge in [0.15, 0.2) is 0 Å². The Kier molecular flexibility index (Phi) is 4.90. The van der Waals surface area contributed by atoms with E-state index in [1.807, 2.05) is 30.3 Å². The first-order valence-corrected chi connectivity index (χ1v) is 8.84. The minimum absolute atomic E-state index is 0.207. The predicted octanol–water partition coefficient (Wildman–Crippen LogP) is 3.36. The van der Waals surface area contributed by atoms with Crippen LogP contribution in [0.4, 0.5) is 17.5 Å². The molecule has 0 saturated heterocycles. The molecular weight excluding hydrogens is 368 g/mol. The van der Waals surface area contributed by atoms with Crippen molar-refractivity contribution < 1.29 is 4.74 Å². The van der Waals surface area contributed by atoms with E-state index in [9.17, 15) is 4.79 Å². The van der Waals surface area contributed by atoms with Gasteiger partial charge in [-0.05, 0) is 30.3 Å². The smallest absolute Gasteiger partial charge is 0.264 e. The summed E-state index contributed by atoms with van der Waals surface area (Å²) in [6.07, 6.45) is 4.62. The second-order valence-electron chi connectivity index (χ2n) is 6.25. The van der Waals surface area contributed by atoms with Crippen molar-refractivity contribution >= 4 is 17.5 Å². The van der Waals surface area contributed by atoms with E-state index in [0.29, 0.717) is 34.5 Å². The van der Waals surface area contributed by atoms with Crippen LogP contribution in [0, 0.1) is 0 Å². The molecule has 3 N–H and O–H groups in total. The summed E-state index contributed by atoms with van der Waals surface area (Å²) in [6.45, 7) is 0. The van der Waals surface area contributed by atoms with Gasteiger partial charge in [-0.15, -0.1) is 0 Å². The second-order valence-corrected chi connectivity index (χ2v) is 6.25. The zero-order valence-corrected chi connectivity index (χ0v) is 15.6. The van der Waals surface area contributed by atoms with E-state index in [0.717, 1.165) is 5.69 Å². The van der Waals surface area contributed by atoms with Crippen LogP contribution in [0.15, 0.2) is 78.0 Å². The van der Waals surface area contributed by atoms with Crippen LogP contribution in [0.5, 0.6) is 11.5 Å². The molecule has 4 aromatic rings. The lowest BCUT2D eigenvalue weighted by Crippen LogP contribution is -2.22. The highest BCUT2D eigenvalue weighted by atomic mass is 16.5. The first kappa shape index (κ1) is 18.2. The third kappa shape index (κ3) is 4.06. The van der Waals surface area contributed by atoms with Gasteiger partial charge in [-0.2, -0.15) is 0 Å². The molecule has 0 amide bonds. The van der Waals surface area contributed by atoms with Gasteiger partial charge in [-0.3, -0.25) is 14.3 Å². The first-order valence-electron chi connectivity index (χ1n) is 8.84. The van der Waals surface area contributed by atoms with Crippen molar-refractivity contribution in [1.82, 2.24) is 19.5 Å². The number of ether oxygens (including phenoxy) is 1. The Hall–Kier alpha value is -4.20. The SMILES string of the molecule is Cn1c(Nc2ccccc2)ncc(-c2ccc(Oc3ccnc(N)c3)cn2)c1=O. The van der Waals surface area contributed by atoms with E-state index >= 15 is 0 Å². The molecule has 0 aliphatic carbocycles. The predicted molar refractivity (Wildman–Crippen MR) is 111 cm³/mol. The molecule has 8 heteroatoms. The average molecular weight is 386 g/mol. The zero-order valence-electron chi connectivity index (χ0n) is 15.6. The van der Waals surface area contributed by atoms with Crippen molar-refractivity contribution in [1.29, 1.82) is 0 Å².